The second-order valence-electron chi connectivity index (χ2n) is 8.32. The van der Waals surface area contributed by atoms with E-state index in [1.807, 2.05) is 19.0 Å². The molecule has 1 aliphatic heterocycles. The summed E-state index contributed by atoms with van der Waals surface area (Å²) in [5.41, 5.74) is 2.63. The van der Waals surface area contributed by atoms with Gasteiger partial charge in [-0.25, -0.2) is 4.39 Å². The minimum absolute atomic E-state index is 0.0619. The summed E-state index contributed by atoms with van der Waals surface area (Å²) in [7, 11) is 6.20. The Kier molecular flexibility index (Phi) is 7.59. The van der Waals surface area contributed by atoms with Crippen LogP contribution in [0.3, 0.4) is 0 Å². The number of nitrogens with zero attached hydrogens (tertiary/aromatic N) is 1. The smallest absolute Gasteiger partial charge is 0.313 e. The highest BCUT2D eigenvalue weighted by Gasteiger charge is 2.30. The number of hydrogen-bond donors (Lipinski definition) is 4. The highest BCUT2D eigenvalue weighted by atomic mass is 19.1. The van der Waals surface area contributed by atoms with Gasteiger partial charge in [-0.2, -0.15) is 0 Å². The van der Waals surface area contributed by atoms with E-state index in [2.05, 4.69) is 41.9 Å². The molecule has 2 aromatic carbocycles. The fourth-order valence-electron chi connectivity index (χ4n) is 3.85. The molecule has 0 unspecified atom stereocenters. The predicted octanol–water partition coefficient (Wildman–Crippen LogP) is -0.899. The monoisotopic (exact) mass is 429 g/mol. The molecule has 1 atom stereocenters. The maximum absolute atomic E-state index is 13.0. The van der Waals surface area contributed by atoms with Crippen molar-refractivity contribution in [3.8, 4) is 0 Å². The summed E-state index contributed by atoms with van der Waals surface area (Å²) in [4.78, 5) is 29.6. The molecule has 31 heavy (non-hydrogen) atoms. The first-order valence-corrected chi connectivity index (χ1v) is 10.6. The van der Waals surface area contributed by atoms with E-state index in [0.717, 1.165) is 37.4 Å². The van der Waals surface area contributed by atoms with Crippen LogP contribution in [0.4, 0.5) is 15.8 Å². The van der Waals surface area contributed by atoms with E-state index in [9.17, 15) is 14.0 Å². The first kappa shape index (κ1) is 22.7. The lowest BCUT2D eigenvalue weighted by atomic mass is 10.0. The molecule has 166 valence electrons. The largest absolute Gasteiger partial charge is 0.378 e. The molecule has 1 aliphatic rings. The summed E-state index contributed by atoms with van der Waals surface area (Å²) in [5.74, 6) is -1.85. The minimum Gasteiger partial charge on any atom is -0.378 e. The van der Waals surface area contributed by atoms with Gasteiger partial charge in [0.15, 0.2) is 0 Å². The summed E-state index contributed by atoms with van der Waals surface area (Å²) in [5, 5.41) is 5.30. The van der Waals surface area contributed by atoms with Crippen LogP contribution in [0.25, 0.3) is 0 Å². The van der Waals surface area contributed by atoms with E-state index in [4.69, 9.17) is 0 Å². The number of carbonyl (C=O) groups excluding carboxylic acids is 2. The Morgan fingerprint density at radius 3 is 2.16 bits per heavy atom. The standard InChI is InChI=1S/C23H30FN5O2/c1-27(2)20-10-4-17(5-11-20)21(29-14-12-28(3)13-15-29)16-25-22(30)23(31)26-19-8-6-18(24)7-9-19/h4-11,21H,12-16H2,1-3H3,(H,25,30)(H,26,31)/p+2/t21-/m1/s1. The molecule has 0 spiro atoms. The quantitative estimate of drug-likeness (QED) is 0.450. The molecular formula is C23H32FN5O2+2. The van der Waals surface area contributed by atoms with Gasteiger partial charge in [-0.15, -0.1) is 0 Å². The molecule has 0 aliphatic carbocycles. The van der Waals surface area contributed by atoms with Crippen LogP contribution >= 0.6 is 0 Å². The number of hydrogen-bond acceptors (Lipinski definition) is 3. The molecule has 0 aromatic heterocycles. The third kappa shape index (κ3) is 6.26. The zero-order chi connectivity index (χ0) is 22.4. The second-order valence-corrected chi connectivity index (χ2v) is 8.32. The predicted molar refractivity (Wildman–Crippen MR) is 119 cm³/mol. The van der Waals surface area contributed by atoms with E-state index >= 15 is 0 Å². The highest BCUT2D eigenvalue weighted by Crippen LogP contribution is 2.16. The van der Waals surface area contributed by atoms with Crippen LogP contribution in [-0.4, -0.2) is 65.7 Å². The fourth-order valence-corrected chi connectivity index (χ4v) is 3.85. The Hall–Kier alpha value is -2.97. The molecule has 3 rings (SSSR count). The van der Waals surface area contributed by atoms with Gasteiger partial charge in [-0.05, 0) is 36.4 Å². The van der Waals surface area contributed by atoms with Crippen LogP contribution in [0.15, 0.2) is 48.5 Å². The lowest BCUT2D eigenvalue weighted by Crippen LogP contribution is -3.27. The Balaban J connectivity index is 1.66. The van der Waals surface area contributed by atoms with E-state index in [1.165, 1.54) is 34.1 Å². The zero-order valence-electron chi connectivity index (χ0n) is 18.4. The number of halogens is 1. The Morgan fingerprint density at radius 2 is 1.58 bits per heavy atom. The maximum atomic E-state index is 13.0. The maximum Gasteiger partial charge on any atom is 0.313 e. The van der Waals surface area contributed by atoms with Crippen molar-refractivity contribution in [2.75, 3.05) is 64.1 Å². The molecule has 1 fully saturated rings. The first-order valence-electron chi connectivity index (χ1n) is 10.6. The summed E-state index contributed by atoms with van der Waals surface area (Å²) in [6.45, 7) is 4.51. The van der Waals surface area contributed by atoms with Gasteiger partial charge in [0.1, 0.15) is 38.0 Å². The Bertz CT molecular complexity index is 878. The molecule has 7 nitrogen and oxygen atoms in total. The second kappa shape index (κ2) is 10.4. The number of quaternary nitrogens is 2. The third-order valence-electron chi connectivity index (χ3n) is 5.83. The average Bonchev–Trinajstić information content (AvgIpc) is 2.76. The van der Waals surface area contributed by atoms with Crippen LogP contribution in [-0.2, 0) is 9.59 Å². The lowest BCUT2D eigenvalue weighted by Gasteiger charge is -2.33. The number of likely N-dealkylation sites (N-methyl/N-ethyl adjacent to an activating group) is 1. The normalized spacial score (nSPS) is 19.4. The zero-order valence-corrected chi connectivity index (χ0v) is 18.4. The number of nitrogens with one attached hydrogen (secondary N) is 4. The minimum atomic E-state index is -0.758. The molecule has 1 saturated heterocycles. The van der Waals surface area contributed by atoms with Crippen molar-refractivity contribution in [3.05, 3.63) is 59.9 Å². The van der Waals surface area contributed by atoms with Crippen LogP contribution < -0.4 is 25.3 Å². The van der Waals surface area contributed by atoms with Gasteiger partial charge in [0, 0.05) is 31.0 Å². The first-order chi connectivity index (χ1) is 14.8. The van der Waals surface area contributed by atoms with Gasteiger partial charge in [-0.3, -0.25) is 9.59 Å². The number of amides is 2. The number of piperazine rings is 1. The Labute approximate surface area is 182 Å². The van der Waals surface area contributed by atoms with Crippen molar-refractivity contribution < 1.29 is 23.8 Å². The summed E-state index contributed by atoms with van der Waals surface area (Å²) < 4.78 is 13.0. The molecule has 2 amide bonds. The number of carbonyl (C=O) groups is 2. The van der Waals surface area contributed by atoms with Crippen molar-refractivity contribution in [2.24, 2.45) is 0 Å². The van der Waals surface area contributed by atoms with Gasteiger partial charge >= 0.3 is 11.8 Å². The number of benzene rings is 2. The topological polar surface area (TPSA) is 70.3 Å². The molecule has 2 aromatic rings. The van der Waals surface area contributed by atoms with Gasteiger partial charge < -0.3 is 25.3 Å². The van der Waals surface area contributed by atoms with E-state index in [-0.39, 0.29) is 6.04 Å². The Morgan fingerprint density at radius 1 is 0.968 bits per heavy atom. The molecule has 0 bridgehead atoms. The SMILES string of the molecule is CN(C)c1ccc([C@@H](CNC(=O)C(=O)Nc2ccc(F)cc2)[NH+]2CC[NH+](C)CC2)cc1. The fraction of sp³-hybridized carbons (Fsp3) is 0.391. The molecular weight excluding hydrogens is 397 g/mol. The van der Waals surface area contributed by atoms with Gasteiger partial charge in [-0.1, -0.05) is 12.1 Å². The van der Waals surface area contributed by atoms with Crippen molar-refractivity contribution in [2.45, 2.75) is 6.04 Å². The number of rotatable bonds is 6. The average molecular weight is 430 g/mol. The highest BCUT2D eigenvalue weighted by molar-refractivity contribution is 6.39. The molecule has 8 heteroatoms. The van der Waals surface area contributed by atoms with Crippen molar-refractivity contribution in [3.63, 3.8) is 0 Å². The van der Waals surface area contributed by atoms with Crippen molar-refractivity contribution in [1.29, 1.82) is 0 Å². The van der Waals surface area contributed by atoms with E-state index < -0.39 is 17.6 Å². The van der Waals surface area contributed by atoms with E-state index in [0.29, 0.717) is 12.2 Å². The summed E-state index contributed by atoms with van der Waals surface area (Å²) in [6.07, 6.45) is 0. The summed E-state index contributed by atoms with van der Waals surface area (Å²) >= 11 is 0. The van der Waals surface area contributed by atoms with Crippen molar-refractivity contribution >= 4 is 23.2 Å². The molecule has 0 radical (unpaired) electrons. The van der Waals surface area contributed by atoms with Gasteiger partial charge in [0.25, 0.3) is 0 Å². The third-order valence-corrected chi connectivity index (χ3v) is 5.83. The van der Waals surface area contributed by atoms with Crippen LogP contribution in [0, 0.1) is 5.82 Å². The number of anilines is 2. The van der Waals surface area contributed by atoms with Crippen LogP contribution in [0.1, 0.15) is 11.6 Å². The van der Waals surface area contributed by atoms with Crippen LogP contribution in [0.5, 0.6) is 0 Å². The molecule has 1 heterocycles. The molecule has 4 N–H and O–H groups in total. The summed E-state index contributed by atoms with van der Waals surface area (Å²) in [6, 6.07) is 13.7. The van der Waals surface area contributed by atoms with Gasteiger partial charge in [0.2, 0.25) is 0 Å². The lowest BCUT2D eigenvalue weighted by molar-refractivity contribution is -1.02. The van der Waals surface area contributed by atoms with Crippen LogP contribution in [0.2, 0.25) is 0 Å². The van der Waals surface area contributed by atoms with Gasteiger partial charge in [0.05, 0.1) is 13.6 Å². The van der Waals surface area contributed by atoms with E-state index in [1.54, 1.807) is 0 Å². The molecule has 0 saturated carbocycles. The van der Waals surface area contributed by atoms with Crippen molar-refractivity contribution in [1.82, 2.24) is 5.32 Å².